The van der Waals surface area contributed by atoms with E-state index in [4.69, 9.17) is 9.47 Å². The van der Waals surface area contributed by atoms with Gasteiger partial charge in [-0.25, -0.2) is 9.69 Å². The monoisotopic (exact) mass is 411 g/mol. The van der Waals surface area contributed by atoms with Crippen molar-refractivity contribution in [1.29, 1.82) is 0 Å². The van der Waals surface area contributed by atoms with Gasteiger partial charge in [0.15, 0.2) is 0 Å². The van der Waals surface area contributed by atoms with E-state index < -0.39 is 12.1 Å². The van der Waals surface area contributed by atoms with E-state index in [1.54, 1.807) is 38.5 Å². The van der Waals surface area contributed by atoms with E-state index in [0.29, 0.717) is 24.4 Å². The Bertz CT molecular complexity index is 896. The van der Waals surface area contributed by atoms with Crippen LogP contribution >= 0.6 is 0 Å². The summed E-state index contributed by atoms with van der Waals surface area (Å²) in [5.74, 6) is 0.896. The fraction of sp³-hybridized carbons (Fsp3) is 0.318. The Morgan fingerprint density at radius 2 is 1.60 bits per heavy atom. The number of urea groups is 1. The van der Waals surface area contributed by atoms with Crippen molar-refractivity contribution in [1.82, 2.24) is 10.6 Å². The van der Waals surface area contributed by atoms with Crippen LogP contribution in [0.1, 0.15) is 18.4 Å². The third-order valence-corrected chi connectivity index (χ3v) is 4.90. The Labute approximate surface area is 175 Å². The molecule has 1 fully saturated rings. The van der Waals surface area contributed by atoms with Crippen LogP contribution in [0.15, 0.2) is 48.5 Å². The van der Waals surface area contributed by atoms with E-state index in [0.717, 1.165) is 16.2 Å². The molecular formula is C22H25N3O5. The van der Waals surface area contributed by atoms with Crippen LogP contribution in [0.2, 0.25) is 0 Å². The number of hydrogen-bond acceptors (Lipinski definition) is 5. The van der Waals surface area contributed by atoms with Crippen molar-refractivity contribution in [3.05, 3.63) is 54.1 Å². The van der Waals surface area contributed by atoms with Crippen molar-refractivity contribution in [3.8, 4) is 11.5 Å². The zero-order valence-corrected chi connectivity index (χ0v) is 17.0. The van der Waals surface area contributed by atoms with E-state index in [1.165, 1.54) is 0 Å². The minimum atomic E-state index is -0.716. The smallest absolute Gasteiger partial charge is 0.329 e. The van der Waals surface area contributed by atoms with Crippen molar-refractivity contribution < 1.29 is 23.9 Å². The fourth-order valence-corrected chi connectivity index (χ4v) is 3.20. The van der Waals surface area contributed by atoms with Gasteiger partial charge in [-0.1, -0.05) is 12.1 Å². The lowest BCUT2D eigenvalue weighted by Gasteiger charge is -2.13. The lowest BCUT2D eigenvalue weighted by Crippen LogP contribution is -2.33. The number of rotatable bonds is 9. The molecule has 0 spiro atoms. The highest BCUT2D eigenvalue weighted by molar-refractivity contribution is 6.21. The molecule has 0 bridgehead atoms. The highest BCUT2D eigenvalue weighted by Gasteiger charge is 2.38. The number of carbonyl (C=O) groups is 3. The van der Waals surface area contributed by atoms with Gasteiger partial charge in [0.25, 0.3) is 5.91 Å². The van der Waals surface area contributed by atoms with E-state index >= 15 is 0 Å². The minimum absolute atomic E-state index is 0.149. The largest absolute Gasteiger partial charge is 0.497 e. The van der Waals surface area contributed by atoms with E-state index in [2.05, 4.69) is 10.6 Å². The predicted molar refractivity (Wildman–Crippen MR) is 112 cm³/mol. The maximum atomic E-state index is 12.6. The third-order valence-electron chi connectivity index (χ3n) is 4.90. The maximum absolute atomic E-state index is 12.6. The van der Waals surface area contributed by atoms with Crippen LogP contribution < -0.4 is 25.0 Å². The van der Waals surface area contributed by atoms with Crippen molar-refractivity contribution in [2.45, 2.75) is 25.3 Å². The molecule has 3 rings (SSSR count). The summed E-state index contributed by atoms with van der Waals surface area (Å²) in [6.45, 7) is 0.494. The van der Waals surface area contributed by atoms with Crippen LogP contribution in [-0.4, -0.2) is 44.7 Å². The summed E-state index contributed by atoms with van der Waals surface area (Å²) in [6, 6.07) is 13.1. The topological polar surface area (TPSA) is 97.0 Å². The van der Waals surface area contributed by atoms with Gasteiger partial charge in [-0.05, 0) is 54.8 Å². The highest BCUT2D eigenvalue weighted by Crippen LogP contribution is 2.23. The number of imide groups is 1. The Morgan fingerprint density at radius 1 is 1.00 bits per heavy atom. The molecule has 8 nitrogen and oxygen atoms in total. The molecule has 0 unspecified atom stereocenters. The van der Waals surface area contributed by atoms with Crippen LogP contribution in [0.4, 0.5) is 10.5 Å². The van der Waals surface area contributed by atoms with Gasteiger partial charge in [-0.2, -0.15) is 0 Å². The Morgan fingerprint density at radius 3 is 2.20 bits per heavy atom. The molecule has 1 aliphatic heterocycles. The number of methoxy groups -OCH3 is 2. The molecular weight excluding hydrogens is 386 g/mol. The summed E-state index contributed by atoms with van der Waals surface area (Å²) in [4.78, 5) is 38.0. The van der Waals surface area contributed by atoms with Gasteiger partial charge in [0.1, 0.15) is 17.5 Å². The Hall–Kier alpha value is -3.55. The molecule has 8 heteroatoms. The van der Waals surface area contributed by atoms with Crippen molar-refractivity contribution in [2.75, 3.05) is 25.7 Å². The first kappa shape index (κ1) is 21.2. The molecule has 1 aliphatic rings. The zero-order chi connectivity index (χ0) is 21.5. The molecule has 0 aliphatic carbocycles. The molecule has 158 valence electrons. The van der Waals surface area contributed by atoms with Crippen LogP contribution in [0.25, 0.3) is 0 Å². The summed E-state index contributed by atoms with van der Waals surface area (Å²) in [7, 11) is 3.16. The first-order valence-corrected chi connectivity index (χ1v) is 9.70. The fourth-order valence-electron chi connectivity index (χ4n) is 3.20. The van der Waals surface area contributed by atoms with E-state index in [-0.39, 0.29) is 24.7 Å². The van der Waals surface area contributed by atoms with Gasteiger partial charge in [-0.15, -0.1) is 0 Å². The van der Waals surface area contributed by atoms with Crippen LogP contribution in [-0.2, 0) is 16.0 Å². The summed E-state index contributed by atoms with van der Waals surface area (Å²) in [5.41, 5.74) is 1.55. The molecule has 2 N–H and O–H groups in total. The van der Waals surface area contributed by atoms with Gasteiger partial charge in [0, 0.05) is 13.0 Å². The number of nitrogens with zero attached hydrogens (tertiary/aromatic N) is 1. The van der Waals surface area contributed by atoms with E-state index in [1.807, 2.05) is 24.3 Å². The van der Waals surface area contributed by atoms with Crippen LogP contribution in [0.5, 0.6) is 11.5 Å². The normalized spacial score (nSPS) is 15.7. The van der Waals surface area contributed by atoms with Gasteiger partial charge in [0.05, 0.1) is 19.9 Å². The standard InChI is InChI=1S/C22H25N3O5/c1-29-17-7-3-15(4-8-17)13-14-23-20(26)12-11-19-21(27)25(22(28)24-19)16-5-9-18(30-2)10-6-16/h3-10,19H,11-14H2,1-2H3,(H,23,26)(H,24,28)/t19-/m1/s1. The van der Waals surface area contributed by atoms with Crippen molar-refractivity contribution >= 4 is 23.5 Å². The second-order valence-corrected chi connectivity index (χ2v) is 6.86. The Balaban J connectivity index is 1.45. The maximum Gasteiger partial charge on any atom is 0.329 e. The molecule has 2 aromatic carbocycles. The van der Waals surface area contributed by atoms with Crippen LogP contribution in [0, 0.1) is 0 Å². The lowest BCUT2D eigenvalue weighted by atomic mass is 10.1. The highest BCUT2D eigenvalue weighted by atomic mass is 16.5. The van der Waals surface area contributed by atoms with Gasteiger partial charge < -0.3 is 20.1 Å². The summed E-state index contributed by atoms with van der Waals surface area (Å²) in [5, 5.41) is 5.49. The van der Waals surface area contributed by atoms with Gasteiger partial charge in [-0.3, -0.25) is 9.59 Å². The molecule has 0 radical (unpaired) electrons. The SMILES string of the molecule is COc1ccc(CCNC(=O)CC[C@H]2NC(=O)N(c3ccc(OC)cc3)C2=O)cc1. The van der Waals surface area contributed by atoms with Gasteiger partial charge in [0.2, 0.25) is 5.91 Å². The molecule has 1 saturated heterocycles. The molecule has 1 atom stereocenters. The molecule has 1 heterocycles. The summed E-state index contributed by atoms with van der Waals surface area (Å²) >= 11 is 0. The van der Waals surface area contributed by atoms with Crippen molar-refractivity contribution in [3.63, 3.8) is 0 Å². The summed E-state index contributed by atoms with van der Waals surface area (Å²) in [6.07, 6.45) is 1.08. The second-order valence-electron chi connectivity index (χ2n) is 6.86. The van der Waals surface area contributed by atoms with E-state index in [9.17, 15) is 14.4 Å². The van der Waals surface area contributed by atoms with Gasteiger partial charge >= 0.3 is 6.03 Å². The molecule has 0 saturated carbocycles. The molecule has 0 aromatic heterocycles. The Kier molecular flexibility index (Phi) is 6.90. The number of benzene rings is 2. The average Bonchev–Trinajstić information content (AvgIpc) is 3.06. The molecule has 4 amide bonds. The zero-order valence-electron chi connectivity index (χ0n) is 17.0. The number of anilines is 1. The molecule has 2 aromatic rings. The second kappa shape index (κ2) is 9.78. The van der Waals surface area contributed by atoms with Crippen molar-refractivity contribution in [2.24, 2.45) is 0 Å². The quantitative estimate of drug-likeness (QED) is 0.617. The number of amides is 4. The predicted octanol–water partition coefficient (Wildman–Crippen LogP) is 2.27. The first-order valence-electron chi connectivity index (χ1n) is 9.70. The average molecular weight is 411 g/mol. The summed E-state index contributed by atoms with van der Waals surface area (Å²) < 4.78 is 10.2. The number of ether oxygens (including phenoxy) is 2. The number of hydrogen-bond donors (Lipinski definition) is 2. The minimum Gasteiger partial charge on any atom is -0.497 e. The number of nitrogens with one attached hydrogen (secondary N) is 2. The number of carbonyl (C=O) groups excluding carboxylic acids is 3. The molecule has 30 heavy (non-hydrogen) atoms. The lowest BCUT2D eigenvalue weighted by molar-refractivity contribution is -0.121. The van der Waals surface area contributed by atoms with Crippen LogP contribution in [0.3, 0.4) is 0 Å². The third kappa shape index (κ3) is 5.08. The first-order chi connectivity index (χ1) is 14.5.